The lowest BCUT2D eigenvalue weighted by atomic mass is 10.0. The minimum atomic E-state index is -1.01. The lowest BCUT2D eigenvalue weighted by Crippen LogP contribution is -2.04. The molecule has 4 heteroatoms. The molecule has 0 atom stereocenters. The van der Waals surface area contributed by atoms with E-state index in [9.17, 15) is 13.6 Å². The van der Waals surface area contributed by atoms with E-state index in [2.05, 4.69) is 4.98 Å². The van der Waals surface area contributed by atoms with Gasteiger partial charge in [-0.3, -0.25) is 9.78 Å². The van der Waals surface area contributed by atoms with Gasteiger partial charge in [0.25, 0.3) is 0 Å². The van der Waals surface area contributed by atoms with E-state index in [4.69, 9.17) is 0 Å². The smallest absolute Gasteiger partial charge is 0.167 e. The Morgan fingerprint density at radius 1 is 1.06 bits per heavy atom. The molecule has 1 heterocycles. The van der Waals surface area contributed by atoms with Crippen molar-refractivity contribution >= 4 is 5.78 Å². The van der Waals surface area contributed by atoms with Crippen LogP contribution in [0, 0.1) is 11.6 Å². The van der Waals surface area contributed by atoms with E-state index in [1.54, 1.807) is 24.5 Å². The molecule has 0 aliphatic carbocycles. The van der Waals surface area contributed by atoms with Gasteiger partial charge in [0.2, 0.25) is 0 Å². The zero-order chi connectivity index (χ0) is 12.3. The first-order valence-electron chi connectivity index (χ1n) is 5.04. The molecule has 2 nitrogen and oxygen atoms in total. The second kappa shape index (κ2) is 4.82. The van der Waals surface area contributed by atoms with Gasteiger partial charge in [-0.15, -0.1) is 0 Å². The molecule has 1 aromatic carbocycles. The van der Waals surface area contributed by atoms with Crippen LogP contribution in [0.15, 0.2) is 42.7 Å². The number of halogens is 2. The zero-order valence-corrected chi connectivity index (χ0v) is 8.86. The van der Waals surface area contributed by atoms with Crippen LogP contribution in [-0.4, -0.2) is 10.8 Å². The van der Waals surface area contributed by atoms with Crippen molar-refractivity contribution < 1.29 is 13.6 Å². The number of carbonyl (C=O) groups excluding carboxylic acids is 1. The molecule has 0 bridgehead atoms. The number of hydrogen-bond donors (Lipinski definition) is 0. The van der Waals surface area contributed by atoms with Crippen molar-refractivity contribution in [1.82, 2.24) is 4.98 Å². The van der Waals surface area contributed by atoms with Crippen LogP contribution in [0.2, 0.25) is 0 Å². The van der Waals surface area contributed by atoms with Gasteiger partial charge < -0.3 is 0 Å². The summed E-state index contributed by atoms with van der Waals surface area (Å²) in [4.78, 5) is 15.6. The number of aromatic nitrogens is 1. The van der Waals surface area contributed by atoms with Gasteiger partial charge in [0.15, 0.2) is 17.4 Å². The second-order valence-electron chi connectivity index (χ2n) is 3.58. The summed E-state index contributed by atoms with van der Waals surface area (Å²) in [7, 11) is 0. The molecule has 2 aromatic rings. The number of ketones is 1. The molecule has 17 heavy (non-hydrogen) atoms. The first-order valence-corrected chi connectivity index (χ1v) is 5.04. The summed E-state index contributed by atoms with van der Waals surface area (Å²) in [5, 5.41) is 0. The van der Waals surface area contributed by atoms with Gasteiger partial charge in [0, 0.05) is 24.4 Å². The van der Waals surface area contributed by atoms with E-state index in [1.165, 1.54) is 6.07 Å². The highest BCUT2D eigenvalue weighted by Gasteiger charge is 2.10. The quantitative estimate of drug-likeness (QED) is 0.763. The Morgan fingerprint density at radius 2 is 1.76 bits per heavy atom. The van der Waals surface area contributed by atoms with E-state index >= 15 is 0 Å². The number of Topliss-reactive ketones (excluding diaryl/α,β-unsaturated/α-hetero) is 1. The van der Waals surface area contributed by atoms with E-state index in [0.717, 1.165) is 17.7 Å². The third-order valence-corrected chi connectivity index (χ3v) is 2.36. The van der Waals surface area contributed by atoms with Crippen LogP contribution in [0.1, 0.15) is 15.9 Å². The van der Waals surface area contributed by atoms with Crippen molar-refractivity contribution in [2.24, 2.45) is 0 Å². The molecule has 0 aliphatic heterocycles. The molecule has 0 aliphatic rings. The summed E-state index contributed by atoms with van der Waals surface area (Å²) < 4.78 is 25.6. The molecule has 0 unspecified atom stereocenters. The number of rotatable bonds is 3. The Kier molecular flexibility index (Phi) is 3.23. The summed E-state index contributed by atoms with van der Waals surface area (Å²) in [5.74, 6) is -2.22. The van der Waals surface area contributed by atoms with Gasteiger partial charge in [-0.2, -0.15) is 0 Å². The van der Waals surface area contributed by atoms with Crippen LogP contribution in [0.4, 0.5) is 8.78 Å². The Balaban J connectivity index is 2.18. The number of pyridine rings is 1. The number of benzene rings is 1. The van der Waals surface area contributed by atoms with Gasteiger partial charge in [0.1, 0.15) is 0 Å². The molecular weight excluding hydrogens is 224 g/mol. The first kappa shape index (κ1) is 11.4. The van der Waals surface area contributed by atoms with Gasteiger partial charge in [-0.25, -0.2) is 8.78 Å². The maximum absolute atomic E-state index is 12.9. The van der Waals surface area contributed by atoms with E-state index in [0.29, 0.717) is 0 Å². The van der Waals surface area contributed by atoms with Crippen molar-refractivity contribution in [3.05, 3.63) is 65.5 Å². The van der Waals surface area contributed by atoms with E-state index in [1.807, 2.05) is 0 Å². The molecule has 0 fully saturated rings. The molecule has 2 rings (SSSR count). The molecule has 86 valence electrons. The Morgan fingerprint density at radius 3 is 2.41 bits per heavy atom. The van der Waals surface area contributed by atoms with Crippen LogP contribution < -0.4 is 0 Å². The summed E-state index contributed by atoms with van der Waals surface area (Å²) in [6.45, 7) is 0. The van der Waals surface area contributed by atoms with Gasteiger partial charge in [0.05, 0.1) is 0 Å². The Hall–Kier alpha value is -2.10. The fourth-order valence-corrected chi connectivity index (χ4v) is 1.46. The predicted octanol–water partition coefficient (Wildman–Crippen LogP) is 2.79. The van der Waals surface area contributed by atoms with Crippen LogP contribution in [0.5, 0.6) is 0 Å². The van der Waals surface area contributed by atoms with Crippen molar-refractivity contribution in [3.63, 3.8) is 0 Å². The number of nitrogens with zero attached hydrogens (tertiary/aromatic N) is 1. The largest absolute Gasteiger partial charge is 0.294 e. The summed E-state index contributed by atoms with van der Waals surface area (Å²) >= 11 is 0. The molecule has 0 amide bonds. The average molecular weight is 233 g/mol. The molecule has 0 saturated carbocycles. The first-order chi connectivity index (χ1) is 8.16. The topological polar surface area (TPSA) is 30.0 Å². The van der Waals surface area contributed by atoms with Crippen LogP contribution in [-0.2, 0) is 6.42 Å². The maximum atomic E-state index is 12.9. The molecule has 1 aromatic heterocycles. The fourth-order valence-electron chi connectivity index (χ4n) is 1.46. The number of carbonyl (C=O) groups is 1. The molecular formula is C13H9F2NO. The minimum Gasteiger partial charge on any atom is -0.294 e. The molecule has 0 N–H and O–H groups in total. The predicted molar refractivity (Wildman–Crippen MR) is 58.6 cm³/mol. The highest BCUT2D eigenvalue weighted by molar-refractivity contribution is 5.97. The molecule has 0 spiro atoms. The highest BCUT2D eigenvalue weighted by Crippen LogP contribution is 2.11. The standard InChI is InChI=1S/C13H9F2NO/c14-11-2-1-10(8-12(11)15)13(17)7-9-3-5-16-6-4-9/h1-6,8H,7H2. The summed E-state index contributed by atoms with van der Waals surface area (Å²) in [5.41, 5.74) is 0.954. The normalized spacial score (nSPS) is 10.2. The van der Waals surface area contributed by atoms with Crippen molar-refractivity contribution in [3.8, 4) is 0 Å². The summed E-state index contributed by atoms with van der Waals surface area (Å²) in [6, 6.07) is 6.56. The fraction of sp³-hybridized carbons (Fsp3) is 0.0769. The lowest BCUT2D eigenvalue weighted by molar-refractivity contribution is 0.0992. The monoisotopic (exact) mass is 233 g/mol. The molecule has 0 radical (unpaired) electrons. The molecule has 0 saturated heterocycles. The van der Waals surface area contributed by atoms with Crippen molar-refractivity contribution in [2.75, 3.05) is 0 Å². The number of hydrogen-bond acceptors (Lipinski definition) is 2. The summed E-state index contributed by atoms with van der Waals surface area (Å²) in [6.07, 6.45) is 3.30. The van der Waals surface area contributed by atoms with E-state index < -0.39 is 11.6 Å². The average Bonchev–Trinajstić information content (AvgIpc) is 2.34. The minimum absolute atomic E-state index is 0.146. The Bertz CT molecular complexity index is 540. The van der Waals surface area contributed by atoms with Crippen LogP contribution in [0.3, 0.4) is 0 Å². The SMILES string of the molecule is O=C(Cc1ccncc1)c1ccc(F)c(F)c1. The van der Waals surface area contributed by atoms with Crippen molar-refractivity contribution in [1.29, 1.82) is 0 Å². The third kappa shape index (κ3) is 2.72. The van der Waals surface area contributed by atoms with Gasteiger partial charge in [-0.05, 0) is 35.9 Å². The van der Waals surface area contributed by atoms with Crippen molar-refractivity contribution in [2.45, 2.75) is 6.42 Å². The highest BCUT2D eigenvalue weighted by atomic mass is 19.2. The second-order valence-corrected chi connectivity index (χ2v) is 3.58. The maximum Gasteiger partial charge on any atom is 0.167 e. The third-order valence-electron chi connectivity index (χ3n) is 2.36. The Labute approximate surface area is 96.9 Å². The van der Waals surface area contributed by atoms with E-state index in [-0.39, 0.29) is 17.8 Å². The van der Waals surface area contributed by atoms with Crippen LogP contribution in [0.25, 0.3) is 0 Å². The van der Waals surface area contributed by atoms with Gasteiger partial charge in [-0.1, -0.05) is 0 Å². The van der Waals surface area contributed by atoms with Crippen LogP contribution >= 0.6 is 0 Å². The lowest BCUT2D eigenvalue weighted by Gasteiger charge is -2.01. The van der Waals surface area contributed by atoms with Gasteiger partial charge >= 0.3 is 0 Å². The zero-order valence-electron chi connectivity index (χ0n) is 8.86.